The Morgan fingerprint density at radius 3 is 2.48 bits per heavy atom. The maximum Gasteiger partial charge on any atom is 0.224 e. The second-order valence-corrected chi connectivity index (χ2v) is 8.00. The maximum absolute atomic E-state index is 12.6. The highest BCUT2D eigenvalue weighted by Crippen LogP contribution is 2.15. The molecule has 0 aliphatic carbocycles. The maximum atomic E-state index is 12.6. The molecule has 2 aromatic rings. The predicted octanol–water partition coefficient (Wildman–Crippen LogP) is 2.40. The van der Waals surface area contributed by atoms with Crippen LogP contribution in [0.1, 0.15) is 30.4 Å². The van der Waals surface area contributed by atoms with Crippen molar-refractivity contribution in [3.8, 4) is 0 Å². The van der Waals surface area contributed by atoms with Gasteiger partial charge in [-0.3, -0.25) is 9.79 Å². The van der Waals surface area contributed by atoms with Gasteiger partial charge in [0, 0.05) is 58.9 Å². The normalized spacial score (nSPS) is 15.5. The topological polar surface area (TPSA) is 72.9 Å². The third kappa shape index (κ3) is 6.70. The van der Waals surface area contributed by atoms with Crippen molar-refractivity contribution < 1.29 is 4.79 Å². The molecule has 2 heterocycles. The van der Waals surface area contributed by atoms with Gasteiger partial charge in [0.1, 0.15) is 5.82 Å². The smallest absolute Gasteiger partial charge is 0.224 e. The van der Waals surface area contributed by atoms with Crippen molar-refractivity contribution in [3.63, 3.8) is 0 Å². The Kier molecular flexibility index (Phi) is 8.27. The van der Waals surface area contributed by atoms with Gasteiger partial charge < -0.3 is 20.4 Å². The summed E-state index contributed by atoms with van der Waals surface area (Å²) in [5.41, 5.74) is 2.57. The van der Waals surface area contributed by atoms with Crippen LogP contribution < -0.4 is 15.5 Å². The molecule has 31 heavy (non-hydrogen) atoms. The standard InChI is InChI=1S/C24H34N6O/c1-19-7-9-21(10-8-19)20(2)18-28-24(25-3)27-13-11-23(31)30-16-14-29(15-17-30)22-6-4-5-12-26-22/h4-10,12,20H,11,13-18H2,1-3H3,(H2,25,27,28). The van der Waals surface area contributed by atoms with Gasteiger partial charge in [0.05, 0.1) is 0 Å². The van der Waals surface area contributed by atoms with Gasteiger partial charge in [-0.2, -0.15) is 0 Å². The molecule has 1 aromatic heterocycles. The van der Waals surface area contributed by atoms with Gasteiger partial charge in [-0.25, -0.2) is 4.98 Å². The zero-order valence-electron chi connectivity index (χ0n) is 18.8. The van der Waals surface area contributed by atoms with Crippen molar-refractivity contribution in [1.82, 2.24) is 20.5 Å². The van der Waals surface area contributed by atoms with Gasteiger partial charge in [-0.15, -0.1) is 0 Å². The molecule has 1 aliphatic heterocycles. The van der Waals surface area contributed by atoms with E-state index in [9.17, 15) is 4.79 Å². The van der Waals surface area contributed by atoms with E-state index in [-0.39, 0.29) is 5.91 Å². The number of carbonyl (C=O) groups is 1. The fraction of sp³-hybridized carbons (Fsp3) is 0.458. The molecular weight excluding hydrogens is 388 g/mol. The van der Waals surface area contributed by atoms with Crippen molar-refractivity contribution in [2.24, 2.45) is 4.99 Å². The lowest BCUT2D eigenvalue weighted by Gasteiger charge is -2.35. The first-order valence-electron chi connectivity index (χ1n) is 11.0. The summed E-state index contributed by atoms with van der Waals surface area (Å²) in [5.74, 6) is 2.26. The Morgan fingerprint density at radius 2 is 1.84 bits per heavy atom. The van der Waals surface area contributed by atoms with Crippen LogP contribution in [0.3, 0.4) is 0 Å². The van der Waals surface area contributed by atoms with Crippen molar-refractivity contribution in [3.05, 3.63) is 59.8 Å². The van der Waals surface area contributed by atoms with Crippen LogP contribution in [0.4, 0.5) is 5.82 Å². The Morgan fingerprint density at radius 1 is 1.10 bits per heavy atom. The minimum absolute atomic E-state index is 0.177. The molecule has 0 saturated carbocycles. The number of benzene rings is 1. The van der Waals surface area contributed by atoms with Gasteiger partial charge in [0.2, 0.25) is 5.91 Å². The van der Waals surface area contributed by atoms with E-state index in [1.807, 2.05) is 23.1 Å². The number of aromatic nitrogens is 1. The van der Waals surface area contributed by atoms with Crippen molar-refractivity contribution in [1.29, 1.82) is 0 Å². The lowest BCUT2D eigenvalue weighted by molar-refractivity contribution is -0.131. The van der Waals surface area contributed by atoms with Gasteiger partial charge in [-0.1, -0.05) is 42.8 Å². The molecule has 0 bridgehead atoms. The lowest BCUT2D eigenvalue weighted by atomic mass is 10.0. The second kappa shape index (κ2) is 11.3. The third-order valence-electron chi connectivity index (χ3n) is 5.68. The van der Waals surface area contributed by atoms with E-state index in [4.69, 9.17) is 0 Å². The van der Waals surface area contributed by atoms with Crippen LogP contribution in [0.15, 0.2) is 53.7 Å². The number of aliphatic imine (C=N–C) groups is 1. The molecule has 1 fully saturated rings. The molecule has 7 nitrogen and oxygen atoms in total. The number of nitrogens with one attached hydrogen (secondary N) is 2. The molecular formula is C24H34N6O. The van der Waals surface area contributed by atoms with Crippen LogP contribution in [0, 0.1) is 6.92 Å². The zero-order chi connectivity index (χ0) is 22.1. The summed E-state index contributed by atoms with van der Waals surface area (Å²) in [5, 5.41) is 6.62. The number of aryl methyl sites for hydroxylation is 1. The molecule has 1 aliphatic rings. The van der Waals surface area contributed by atoms with Gasteiger partial charge in [0.25, 0.3) is 0 Å². The average Bonchev–Trinajstić information content (AvgIpc) is 2.82. The number of carbonyl (C=O) groups excluding carboxylic acids is 1. The van der Waals surface area contributed by atoms with Crippen LogP contribution in [-0.2, 0) is 4.79 Å². The van der Waals surface area contributed by atoms with E-state index in [0.717, 1.165) is 44.5 Å². The van der Waals surface area contributed by atoms with E-state index in [0.29, 0.717) is 18.9 Å². The van der Waals surface area contributed by atoms with E-state index >= 15 is 0 Å². The average molecular weight is 423 g/mol. The predicted molar refractivity (Wildman–Crippen MR) is 127 cm³/mol. The Labute approximate surface area is 185 Å². The van der Waals surface area contributed by atoms with E-state index in [1.165, 1.54) is 11.1 Å². The fourth-order valence-corrected chi connectivity index (χ4v) is 3.65. The summed E-state index contributed by atoms with van der Waals surface area (Å²) in [4.78, 5) is 25.4. The monoisotopic (exact) mass is 422 g/mol. The number of hydrogen-bond donors (Lipinski definition) is 2. The number of nitrogens with zero attached hydrogens (tertiary/aromatic N) is 4. The molecule has 1 saturated heterocycles. The molecule has 1 aromatic carbocycles. The molecule has 7 heteroatoms. The minimum atomic E-state index is 0.177. The molecule has 2 N–H and O–H groups in total. The van der Waals surface area contributed by atoms with Gasteiger partial charge >= 0.3 is 0 Å². The second-order valence-electron chi connectivity index (χ2n) is 8.00. The molecule has 1 amide bonds. The number of anilines is 1. The summed E-state index contributed by atoms with van der Waals surface area (Å²) in [6.45, 7) is 8.74. The molecule has 0 radical (unpaired) electrons. The first-order valence-corrected chi connectivity index (χ1v) is 11.0. The molecule has 3 rings (SSSR count). The van der Waals surface area contributed by atoms with Crippen LogP contribution in [0.2, 0.25) is 0 Å². The quantitative estimate of drug-likeness (QED) is 0.530. The molecule has 1 atom stereocenters. The minimum Gasteiger partial charge on any atom is -0.356 e. The molecule has 0 spiro atoms. The van der Waals surface area contributed by atoms with Gasteiger partial charge in [0.15, 0.2) is 5.96 Å². The SMILES string of the molecule is CN=C(NCCC(=O)N1CCN(c2ccccn2)CC1)NCC(C)c1ccc(C)cc1. The number of piperazine rings is 1. The Hall–Kier alpha value is -3.09. The number of hydrogen-bond acceptors (Lipinski definition) is 4. The number of pyridine rings is 1. The van der Waals surface area contributed by atoms with Crippen LogP contribution in [0.5, 0.6) is 0 Å². The third-order valence-corrected chi connectivity index (χ3v) is 5.68. The zero-order valence-corrected chi connectivity index (χ0v) is 18.8. The van der Waals surface area contributed by atoms with Crippen LogP contribution in [0.25, 0.3) is 0 Å². The number of amides is 1. The van der Waals surface area contributed by atoms with E-state index in [2.05, 4.69) is 63.6 Å². The van der Waals surface area contributed by atoms with Crippen LogP contribution >= 0.6 is 0 Å². The summed E-state index contributed by atoms with van der Waals surface area (Å²) < 4.78 is 0. The Bertz CT molecular complexity index is 844. The summed E-state index contributed by atoms with van der Waals surface area (Å²) in [6, 6.07) is 14.5. The number of rotatable bonds is 7. The lowest BCUT2D eigenvalue weighted by Crippen LogP contribution is -2.49. The highest BCUT2D eigenvalue weighted by Gasteiger charge is 2.21. The Balaban J connectivity index is 1.36. The first-order chi connectivity index (χ1) is 15.1. The summed E-state index contributed by atoms with van der Waals surface area (Å²) in [6.07, 6.45) is 2.26. The molecule has 1 unspecified atom stereocenters. The first kappa shape index (κ1) is 22.6. The van der Waals surface area contributed by atoms with E-state index < -0.39 is 0 Å². The fourth-order valence-electron chi connectivity index (χ4n) is 3.65. The summed E-state index contributed by atoms with van der Waals surface area (Å²) >= 11 is 0. The van der Waals surface area contributed by atoms with Crippen LogP contribution in [-0.4, -0.2) is 68.1 Å². The number of guanidine groups is 1. The highest BCUT2D eigenvalue weighted by molar-refractivity contribution is 5.81. The van der Waals surface area contributed by atoms with Crippen molar-refractivity contribution in [2.75, 3.05) is 51.2 Å². The molecule has 166 valence electrons. The van der Waals surface area contributed by atoms with Crippen molar-refractivity contribution in [2.45, 2.75) is 26.2 Å². The van der Waals surface area contributed by atoms with Gasteiger partial charge in [-0.05, 0) is 30.5 Å². The largest absolute Gasteiger partial charge is 0.356 e. The summed E-state index contributed by atoms with van der Waals surface area (Å²) in [7, 11) is 1.75. The van der Waals surface area contributed by atoms with E-state index in [1.54, 1.807) is 13.2 Å². The highest BCUT2D eigenvalue weighted by atomic mass is 16.2. The van der Waals surface area contributed by atoms with Crippen molar-refractivity contribution >= 4 is 17.7 Å².